The Kier molecular flexibility index (Phi) is 3.87. The van der Waals surface area contributed by atoms with Crippen LogP contribution in [0.3, 0.4) is 0 Å². The third-order valence-corrected chi connectivity index (χ3v) is 4.29. The molecule has 108 valence electrons. The van der Waals surface area contributed by atoms with Crippen LogP contribution in [0.25, 0.3) is 0 Å². The largest absolute Gasteiger partial charge is 0.462 e. The third-order valence-electron chi connectivity index (χ3n) is 4.29. The zero-order chi connectivity index (χ0) is 13.9. The molecular formula is C15H21N3O2. The Morgan fingerprint density at radius 3 is 3.20 bits per heavy atom. The second-order valence-corrected chi connectivity index (χ2v) is 5.51. The van der Waals surface area contributed by atoms with Crippen LogP contribution in [0.1, 0.15) is 23.7 Å². The summed E-state index contributed by atoms with van der Waals surface area (Å²) in [6.07, 6.45) is 2.91. The van der Waals surface area contributed by atoms with Gasteiger partial charge in [-0.15, -0.1) is 0 Å². The Hall–Kier alpha value is -1.62. The maximum atomic E-state index is 12.0. The number of piperidine rings is 1. The number of nitrogens with zero attached hydrogens (tertiary/aromatic N) is 2. The fraction of sp³-hybridized carbons (Fsp3) is 0.600. The van der Waals surface area contributed by atoms with Gasteiger partial charge in [0.2, 0.25) is 0 Å². The van der Waals surface area contributed by atoms with Gasteiger partial charge in [0.25, 0.3) is 0 Å². The number of pyridine rings is 1. The predicted octanol–water partition coefficient (Wildman–Crippen LogP) is 1.30. The summed E-state index contributed by atoms with van der Waals surface area (Å²) in [4.78, 5) is 18.7. The van der Waals surface area contributed by atoms with E-state index in [1.165, 1.54) is 0 Å². The molecule has 2 saturated heterocycles. The van der Waals surface area contributed by atoms with Gasteiger partial charge < -0.3 is 15.0 Å². The van der Waals surface area contributed by atoms with E-state index in [2.05, 4.69) is 15.2 Å². The minimum atomic E-state index is -0.276. The number of carbonyl (C=O) groups is 1. The summed E-state index contributed by atoms with van der Waals surface area (Å²) >= 11 is 0. The first kappa shape index (κ1) is 13.4. The summed E-state index contributed by atoms with van der Waals surface area (Å²) in [5, 5.41) is 3.46. The van der Waals surface area contributed by atoms with Crippen LogP contribution in [0, 0.1) is 11.8 Å². The van der Waals surface area contributed by atoms with E-state index in [4.69, 9.17) is 4.74 Å². The van der Waals surface area contributed by atoms with Crippen molar-refractivity contribution in [1.29, 1.82) is 0 Å². The Labute approximate surface area is 119 Å². The number of ether oxygens (including phenoxy) is 1. The Morgan fingerprint density at radius 1 is 1.50 bits per heavy atom. The first-order valence-corrected chi connectivity index (χ1v) is 7.37. The Balaban J connectivity index is 1.81. The standard InChI is InChI=1S/C15H21N3O2/c1-2-20-15(19)13-4-3-6-17-14(13)18-7-5-11-8-16-9-12(11)10-18/h3-4,6,11-12,16H,2,5,7-10H2,1H3. The lowest BCUT2D eigenvalue weighted by atomic mass is 9.88. The van der Waals surface area contributed by atoms with E-state index in [1.54, 1.807) is 18.3 Å². The molecule has 0 saturated carbocycles. The lowest BCUT2D eigenvalue weighted by Crippen LogP contribution is -2.41. The SMILES string of the molecule is CCOC(=O)c1cccnc1N1CCC2CNCC2C1. The number of fused-ring (bicyclic) bond motifs is 1. The van der Waals surface area contributed by atoms with Crippen LogP contribution in [0.4, 0.5) is 5.82 Å². The van der Waals surface area contributed by atoms with Crippen LogP contribution in [0.2, 0.25) is 0 Å². The highest BCUT2D eigenvalue weighted by molar-refractivity contribution is 5.94. The van der Waals surface area contributed by atoms with Crippen LogP contribution in [-0.2, 0) is 4.74 Å². The molecule has 0 bridgehead atoms. The maximum absolute atomic E-state index is 12.0. The van der Waals surface area contributed by atoms with Gasteiger partial charge in [-0.3, -0.25) is 0 Å². The lowest BCUT2D eigenvalue weighted by Gasteiger charge is -2.35. The molecule has 2 atom stereocenters. The maximum Gasteiger partial charge on any atom is 0.341 e. The van der Waals surface area contributed by atoms with Gasteiger partial charge in [0.05, 0.1) is 6.61 Å². The molecule has 2 aliphatic heterocycles. The molecule has 3 heterocycles. The summed E-state index contributed by atoms with van der Waals surface area (Å²) in [5.41, 5.74) is 0.582. The number of nitrogens with one attached hydrogen (secondary N) is 1. The third kappa shape index (κ3) is 2.50. The summed E-state index contributed by atoms with van der Waals surface area (Å²) in [7, 11) is 0. The molecule has 1 aromatic heterocycles. The van der Waals surface area contributed by atoms with Crippen molar-refractivity contribution >= 4 is 11.8 Å². The van der Waals surface area contributed by atoms with Crippen molar-refractivity contribution in [2.24, 2.45) is 11.8 Å². The van der Waals surface area contributed by atoms with Gasteiger partial charge >= 0.3 is 5.97 Å². The van der Waals surface area contributed by atoms with Crippen molar-refractivity contribution in [3.05, 3.63) is 23.9 Å². The van der Waals surface area contributed by atoms with Gasteiger partial charge in [0.15, 0.2) is 0 Å². The van der Waals surface area contributed by atoms with E-state index in [0.29, 0.717) is 18.1 Å². The molecule has 1 aromatic rings. The molecule has 1 N–H and O–H groups in total. The quantitative estimate of drug-likeness (QED) is 0.843. The van der Waals surface area contributed by atoms with Crippen LogP contribution < -0.4 is 10.2 Å². The average Bonchev–Trinajstić information content (AvgIpc) is 2.95. The molecular weight excluding hydrogens is 254 g/mol. The van der Waals surface area contributed by atoms with Crippen molar-refractivity contribution < 1.29 is 9.53 Å². The Morgan fingerprint density at radius 2 is 2.35 bits per heavy atom. The van der Waals surface area contributed by atoms with E-state index in [-0.39, 0.29) is 5.97 Å². The van der Waals surface area contributed by atoms with Crippen LogP contribution in [-0.4, -0.2) is 43.7 Å². The molecule has 0 spiro atoms. The molecule has 5 nitrogen and oxygen atoms in total. The summed E-state index contributed by atoms with van der Waals surface area (Å²) in [5.74, 6) is 1.94. The highest BCUT2D eigenvalue weighted by atomic mass is 16.5. The molecule has 2 aliphatic rings. The molecule has 3 rings (SSSR count). The highest BCUT2D eigenvalue weighted by Gasteiger charge is 2.34. The molecule has 2 fully saturated rings. The molecule has 0 aromatic carbocycles. The number of hydrogen-bond acceptors (Lipinski definition) is 5. The molecule has 5 heteroatoms. The first-order chi connectivity index (χ1) is 9.79. The van der Waals surface area contributed by atoms with E-state index < -0.39 is 0 Å². The smallest absolute Gasteiger partial charge is 0.341 e. The average molecular weight is 275 g/mol. The summed E-state index contributed by atoms with van der Waals surface area (Å²) in [6.45, 7) is 6.35. The van der Waals surface area contributed by atoms with E-state index >= 15 is 0 Å². The zero-order valence-electron chi connectivity index (χ0n) is 11.8. The first-order valence-electron chi connectivity index (χ1n) is 7.37. The molecule has 0 amide bonds. The fourth-order valence-corrected chi connectivity index (χ4v) is 3.24. The Bertz CT molecular complexity index is 492. The topological polar surface area (TPSA) is 54.5 Å². The van der Waals surface area contributed by atoms with Crippen molar-refractivity contribution in [3.8, 4) is 0 Å². The van der Waals surface area contributed by atoms with Gasteiger partial charge in [-0.05, 0) is 50.4 Å². The highest BCUT2D eigenvalue weighted by Crippen LogP contribution is 2.30. The molecule has 0 aliphatic carbocycles. The summed E-state index contributed by atoms with van der Waals surface area (Å²) < 4.78 is 5.13. The second kappa shape index (κ2) is 5.79. The van der Waals surface area contributed by atoms with Crippen molar-refractivity contribution in [3.63, 3.8) is 0 Å². The van der Waals surface area contributed by atoms with E-state index in [9.17, 15) is 4.79 Å². The van der Waals surface area contributed by atoms with Gasteiger partial charge in [-0.1, -0.05) is 0 Å². The van der Waals surface area contributed by atoms with Gasteiger partial charge in [0.1, 0.15) is 11.4 Å². The van der Waals surface area contributed by atoms with E-state index in [0.717, 1.165) is 44.3 Å². The zero-order valence-corrected chi connectivity index (χ0v) is 11.8. The second-order valence-electron chi connectivity index (χ2n) is 5.51. The number of aromatic nitrogens is 1. The van der Waals surface area contributed by atoms with Crippen LogP contribution >= 0.6 is 0 Å². The summed E-state index contributed by atoms with van der Waals surface area (Å²) in [6, 6.07) is 3.60. The fourth-order valence-electron chi connectivity index (χ4n) is 3.24. The minimum absolute atomic E-state index is 0.276. The molecule has 20 heavy (non-hydrogen) atoms. The number of rotatable bonds is 3. The van der Waals surface area contributed by atoms with Gasteiger partial charge in [-0.25, -0.2) is 9.78 Å². The number of esters is 1. The number of carbonyl (C=O) groups excluding carboxylic acids is 1. The normalized spacial score (nSPS) is 25.4. The predicted molar refractivity (Wildman–Crippen MR) is 76.9 cm³/mol. The number of anilines is 1. The van der Waals surface area contributed by atoms with E-state index in [1.807, 2.05) is 6.92 Å². The van der Waals surface area contributed by atoms with Crippen molar-refractivity contribution in [2.45, 2.75) is 13.3 Å². The van der Waals surface area contributed by atoms with Crippen molar-refractivity contribution in [1.82, 2.24) is 10.3 Å². The number of hydrogen-bond donors (Lipinski definition) is 1. The van der Waals surface area contributed by atoms with Crippen LogP contribution in [0.15, 0.2) is 18.3 Å². The van der Waals surface area contributed by atoms with Crippen LogP contribution in [0.5, 0.6) is 0 Å². The molecule has 0 radical (unpaired) electrons. The minimum Gasteiger partial charge on any atom is -0.462 e. The van der Waals surface area contributed by atoms with Gasteiger partial charge in [-0.2, -0.15) is 0 Å². The van der Waals surface area contributed by atoms with Gasteiger partial charge in [0, 0.05) is 19.3 Å². The molecule has 2 unspecified atom stereocenters. The lowest BCUT2D eigenvalue weighted by molar-refractivity contribution is 0.0526. The van der Waals surface area contributed by atoms with Crippen molar-refractivity contribution in [2.75, 3.05) is 37.7 Å². The monoisotopic (exact) mass is 275 g/mol.